The molecule has 0 saturated heterocycles. The van der Waals surface area contributed by atoms with Crippen molar-refractivity contribution in [2.75, 3.05) is 23.3 Å². The maximum absolute atomic E-state index is 13.3. The maximum Gasteiger partial charge on any atom is 0.339 e. The van der Waals surface area contributed by atoms with Crippen molar-refractivity contribution in [1.29, 1.82) is 0 Å². The van der Waals surface area contributed by atoms with Crippen LogP contribution in [0.4, 0.5) is 11.4 Å². The standard InChI is InChI=1S/C22H18Cl2N2O5S/c1-31-22(28)19-13-16(10-11-20(19)24)25-21(27)14-26(17-7-5-6-15(23)12-17)32(29,30)18-8-3-2-4-9-18/h2-13H,14H2,1H3,(H,25,27). The fourth-order valence-corrected chi connectivity index (χ4v) is 4.68. The third-order valence-electron chi connectivity index (χ3n) is 4.37. The summed E-state index contributed by atoms with van der Waals surface area (Å²) in [7, 11) is -2.86. The molecule has 3 aromatic carbocycles. The van der Waals surface area contributed by atoms with Gasteiger partial charge in [0.15, 0.2) is 0 Å². The number of esters is 1. The summed E-state index contributed by atoms with van der Waals surface area (Å²) in [4.78, 5) is 24.7. The number of carbonyl (C=O) groups excluding carboxylic acids is 2. The lowest BCUT2D eigenvalue weighted by molar-refractivity contribution is -0.114. The molecule has 1 N–H and O–H groups in total. The number of benzene rings is 3. The topological polar surface area (TPSA) is 92.8 Å². The predicted molar refractivity (Wildman–Crippen MR) is 124 cm³/mol. The Morgan fingerprint density at radius 2 is 1.69 bits per heavy atom. The quantitative estimate of drug-likeness (QED) is 0.485. The highest BCUT2D eigenvalue weighted by molar-refractivity contribution is 7.92. The number of nitrogens with zero attached hydrogens (tertiary/aromatic N) is 1. The Balaban J connectivity index is 1.92. The first-order valence-corrected chi connectivity index (χ1v) is 11.4. The van der Waals surface area contributed by atoms with E-state index in [4.69, 9.17) is 23.2 Å². The molecule has 0 fully saturated rings. The Labute approximate surface area is 195 Å². The van der Waals surface area contributed by atoms with E-state index < -0.39 is 28.4 Å². The van der Waals surface area contributed by atoms with Crippen LogP contribution in [0.2, 0.25) is 10.0 Å². The van der Waals surface area contributed by atoms with Gasteiger partial charge in [-0.25, -0.2) is 13.2 Å². The van der Waals surface area contributed by atoms with Crippen LogP contribution in [0.5, 0.6) is 0 Å². The van der Waals surface area contributed by atoms with Crippen LogP contribution >= 0.6 is 23.2 Å². The Morgan fingerprint density at radius 3 is 2.34 bits per heavy atom. The third-order valence-corrected chi connectivity index (χ3v) is 6.72. The van der Waals surface area contributed by atoms with Crippen molar-refractivity contribution in [2.45, 2.75) is 4.90 Å². The van der Waals surface area contributed by atoms with Gasteiger partial charge in [0.05, 0.1) is 28.3 Å². The van der Waals surface area contributed by atoms with Gasteiger partial charge in [0.25, 0.3) is 10.0 Å². The van der Waals surface area contributed by atoms with E-state index in [-0.39, 0.29) is 26.9 Å². The Bertz CT molecular complexity index is 1250. The van der Waals surface area contributed by atoms with E-state index in [0.29, 0.717) is 5.02 Å². The molecule has 0 saturated carbocycles. The fourth-order valence-electron chi connectivity index (χ4n) is 2.87. The number of hydrogen-bond acceptors (Lipinski definition) is 5. The molecule has 0 spiro atoms. The van der Waals surface area contributed by atoms with E-state index in [1.165, 1.54) is 49.6 Å². The van der Waals surface area contributed by atoms with Crippen LogP contribution in [0.15, 0.2) is 77.7 Å². The second-order valence-electron chi connectivity index (χ2n) is 6.54. The summed E-state index contributed by atoms with van der Waals surface area (Å²) in [5.41, 5.74) is 0.543. The molecular weight excluding hydrogens is 475 g/mol. The van der Waals surface area contributed by atoms with Crippen LogP contribution in [0.25, 0.3) is 0 Å². The minimum atomic E-state index is -4.07. The summed E-state index contributed by atoms with van der Waals surface area (Å²) in [6.07, 6.45) is 0. The van der Waals surface area contributed by atoms with Crippen molar-refractivity contribution in [3.05, 3.63) is 88.4 Å². The summed E-state index contributed by atoms with van der Waals surface area (Å²) in [5, 5.41) is 3.05. The number of hydrogen-bond donors (Lipinski definition) is 1. The largest absolute Gasteiger partial charge is 0.465 e. The van der Waals surface area contributed by atoms with Gasteiger partial charge in [-0.3, -0.25) is 9.10 Å². The van der Waals surface area contributed by atoms with Crippen LogP contribution in [0.3, 0.4) is 0 Å². The van der Waals surface area contributed by atoms with Crippen molar-refractivity contribution < 1.29 is 22.7 Å². The van der Waals surface area contributed by atoms with Crippen molar-refractivity contribution in [2.24, 2.45) is 0 Å². The van der Waals surface area contributed by atoms with Gasteiger partial charge in [-0.1, -0.05) is 47.5 Å². The second-order valence-corrected chi connectivity index (χ2v) is 9.24. The zero-order valence-electron chi connectivity index (χ0n) is 16.8. The molecule has 0 aliphatic rings. The average molecular weight is 493 g/mol. The summed E-state index contributed by atoms with van der Waals surface area (Å²) >= 11 is 12.0. The second kappa shape index (κ2) is 10.0. The van der Waals surface area contributed by atoms with Crippen LogP contribution in [0.1, 0.15) is 10.4 Å². The van der Waals surface area contributed by atoms with Gasteiger partial charge in [-0.15, -0.1) is 0 Å². The number of carbonyl (C=O) groups is 2. The molecule has 0 atom stereocenters. The highest BCUT2D eigenvalue weighted by atomic mass is 35.5. The number of rotatable bonds is 7. The number of sulfonamides is 1. The first-order chi connectivity index (χ1) is 15.2. The zero-order valence-corrected chi connectivity index (χ0v) is 19.1. The van der Waals surface area contributed by atoms with Crippen molar-refractivity contribution in [3.63, 3.8) is 0 Å². The van der Waals surface area contributed by atoms with Crippen LogP contribution in [0, 0.1) is 0 Å². The van der Waals surface area contributed by atoms with Gasteiger partial charge in [-0.2, -0.15) is 0 Å². The molecule has 0 unspecified atom stereocenters. The number of ether oxygens (including phenoxy) is 1. The molecule has 0 aliphatic carbocycles. The van der Waals surface area contributed by atoms with Crippen molar-refractivity contribution >= 4 is 56.5 Å². The van der Waals surface area contributed by atoms with E-state index >= 15 is 0 Å². The van der Waals surface area contributed by atoms with Gasteiger partial charge in [0.1, 0.15) is 6.54 Å². The summed E-state index contributed by atoms with van der Waals surface area (Å²) < 4.78 is 32.2. The molecule has 32 heavy (non-hydrogen) atoms. The zero-order chi connectivity index (χ0) is 23.3. The predicted octanol–water partition coefficient (Wildman–Crippen LogP) is 4.61. The molecule has 166 valence electrons. The Hall–Kier alpha value is -3.07. The molecule has 10 heteroatoms. The van der Waals surface area contributed by atoms with E-state index in [9.17, 15) is 18.0 Å². The maximum atomic E-state index is 13.3. The molecule has 0 radical (unpaired) electrons. The Morgan fingerprint density at radius 1 is 0.969 bits per heavy atom. The van der Waals surface area contributed by atoms with Crippen molar-refractivity contribution in [3.8, 4) is 0 Å². The first-order valence-electron chi connectivity index (χ1n) is 9.23. The number of amides is 1. The molecule has 3 rings (SSSR count). The fraction of sp³-hybridized carbons (Fsp3) is 0.0909. The van der Waals surface area contributed by atoms with Gasteiger partial charge in [0.2, 0.25) is 5.91 Å². The molecule has 0 heterocycles. The molecule has 1 amide bonds. The molecule has 3 aromatic rings. The van der Waals surface area contributed by atoms with E-state index in [1.54, 1.807) is 30.3 Å². The number of halogens is 2. The average Bonchev–Trinajstić information content (AvgIpc) is 2.78. The molecule has 0 bridgehead atoms. The van der Waals surface area contributed by atoms with Crippen molar-refractivity contribution in [1.82, 2.24) is 0 Å². The molecular formula is C22H18Cl2N2O5S. The smallest absolute Gasteiger partial charge is 0.339 e. The number of anilines is 2. The van der Waals surface area contributed by atoms with Gasteiger partial charge >= 0.3 is 5.97 Å². The number of nitrogens with one attached hydrogen (secondary N) is 1. The minimum Gasteiger partial charge on any atom is -0.465 e. The van der Waals surface area contributed by atoms with E-state index in [2.05, 4.69) is 10.1 Å². The highest BCUT2D eigenvalue weighted by Crippen LogP contribution is 2.26. The molecule has 7 nitrogen and oxygen atoms in total. The Kier molecular flexibility index (Phi) is 7.40. The van der Waals surface area contributed by atoms with Crippen LogP contribution in [-0.4, -0.2) is 33.9 Å². The molecule has 0 aliphatic heterocycles. The monoisotopic (exact) mass is 492 g/mol. The summed E-state index contributed by atoms with van der Waals surface area (Å²) in [6.45, 7) is -0.534. The lowest BCUT2D eigenvalue weighted by atomic mass is 10.2. The summed E-state index contributed by atoms with van der Waals surface area (Å²) in [5.74, 6) is -1.30. The van der Waals surface area contributed by atoms with E-state index in [1.807, 2.05) is 0 Å². The van der Waals surface area contributed by atoms with Gasteiger partial charge < -0.3 is 10.1 Å². The summed E-state index contributed by atoms with van der Waals surface area (Å²) in [6, 6.07) is 18.2. The van der Waals surface area contributed by atoms with Crippen LogP contribution < -0.4 is 9.62 Å². The normalized spacial score (nSPS) is 11.0. The number of methoxy groups -OCH3 is 1. The van der Waals surface area contributed by atoms with Gasteiger partial charge in [0, 0.05) is 10.7 Å². The van der Waals surface area contributed by atoms with Crippen LogP contribution in [-0.2, 0) is 19.6 Å². The lowest BCUT2D eigenvalue weighted by Crippen LogP contribution is -2.38. The van der Waals surface area contributed by atoms with E-state index in [0.717, 1.165) is 4.31 Å². The lowest BCUT2D eigenvalue weighted by Gasteiger charge is -2.24. The molecule has 0 aromatic heterocycles. The SMILES string of the molecule is COC(=O)c1cc(NC(=O)CN(c2cccc(Cl)c2)S(=O)(=O)c2ccccc2)ccc1Cl. The third kappa shape index (κ3) is 5.40. The first kappa shape index (κ1) is 23.6. The minimum absolute atomic E-state index is 0.0206. The highest BCUT2D eigenvalue weighted by Gasteiger charge is 2.27. The van der Waals surface area contributed by atoms with Gasteiger partial charge in [-0.05, 0) is 48.5 Å².